The molecule has 1 atom stereocenters. The molecule has 2 fully saturated rings. The molecular weight excluding hydrogens is 262 g/mol. The van der Waals surface area contributed by atoms with Crippen molar-refractivity contribution in [2.75, 3.05) is 32.7 Å². The van der Waals surface area contributed by atoms with Crippen molar-refractivity contribution < 1.29 is 0 Å². The van der Waals surface area contributed by atoms with Gasteiger partial charge in [-0.15, -0.1) is 0 Å². The first kappa shape index (κ1) is 15.0. The van der Waals surface area contributed by atoms with Crippen LogP contribution >= 0.6 is 0 Å². The molecule has 3 rings (SSSR count). The molecule has 21 heavy (non-hydrogen) atoms. The average Bonchev–Trinajstić information content (AvgIpc) is 3.14. The number of aromatic nitrogens is 2. The van der Waals surface area contributed by atoms with E-state index in [4.69, 9.17) is 5.73 Å². The van der Waals surface area contributed by atoms with Gasteiger partial charge >= 0.3 is 0 Å². The van der Waals surface area contributed by atoms with Crippen LogP contribution in [0.15, 0.2) is 6.20 Å². The van der Waals surface area contributed by atoms with Crippen LogP contribution in [0.25, 0.3) is 0 Å². The Balaban J connectivity index is 1.63. The van der Waals surface area contributed by atoms with E-state index in [-0.39, 0.29) is 0 Å². The minimum absolute atomic E-state index is 0.307. The van der Waals surface area contributed by atoms with Crippen LogP contribution in [-0.4, -0.2) is 58.1 Å². The summed E-state index contributed by atoms with van der Waals surface area (Å²) in [6.45, 7) is 7.36. The molecule has 1 saturated carbocycles. The topological polar surface area (TPSA) is 50.3 Å². The molecule has 0 bridgehead atoms. The quantitative estimate of drug-likeness (QED) is 0.908. The summed E-state index contributed by atoms with van der Waals surface area (Å²) in [5.74, 6) is 1.06. The summed E-state index contributed by atoms with van der Waals surface area (Å²) in [5, 5.41) is 0. The van der Waals surface area contributed by atoms with Crippen molar-refractivity contribution >= 4 is 0 Å². The Bertz CT molecular complexity index is 455. The molecule has 1 aromatic heterocycles. The van der Waals surface area contributed by atoms with Gasteiger partial charge in [0.05, 0.1) is 17.9 Å². The molecule has 2 heterocycles. The van der Waals surface area contributed by atoms with Crippen LogP contribution < -0.4 is 5.73 Å². The van der Waals surface area contributed by atoms with Crippen LogP contribution in [-0.2, 0) is 7.05 Å². The minimum Gasteiger partial charge on any atom is -0.334 e. The van der Waals surface area contributed by atoms with Gasteiger partial charge in [-0.05, 0) is 19.8 Å². The van der Waals surface area contributed by atoms with Gasteiger partial charge in [0.2, 0.25) is 0 Å². The van der Waals surface area contributed by atoms with Gasteiger partial charge in [0, 0.05) is 45.8 Å². The molecule has 0 aromatic carbocycles. The normalized spacial score (nSPS) is 23.8. The first-order valence-electron chi connectivity index (χ1n) is 8.37. The number of imidazole rings is 1. The van der Waals surface area contributed by atoms with E-state index in [1.54, 1.807) is 0 Å². The molecule has 5 heteroatoms. The van der Waals surface area contributed by atoms with Crippen LogP contribution in [0.4, 0.5) is 0 Å². The molecule has 1 unspecified atom stereocenters. The maximum absolute atomic E-state index is 6.07. The van der Waals surface area contributed by atoms with E-state index >= 15 is 0 Å². The lowest BCUT2D eigenvalue weighted by Crippen LogP contribution is -2.51. The number of aryl methyl sites for hydroxylation is 1. The maximum atomic E-state index is 6.07. The van der Waals surface area contributed by atoms with Crippen molar-refractivity contribution in [1.29, 1.82) is 0 Å². The summed E-state index contributed by atoms with van der Waals surface area (Å²) in [5.41, 5.74) is 7.33. The van der Waals surface area contributed by atoms with Crippen molar-refractivity contribution in [3.63, 3.8) is 0 Å². The Morgan fingerprint density at radius 1 is 1.24 bits per heavy atom. The molecule has 1 aromatic rings. The third kappa shape index (κ3) is 3.00. The Hall–Kier alpha value is -0.910. The van der Waals surface area contributed by atoms with E-state index in [9.17, 15) is 0 Å². The summed E-state index contributed by atoms with van der Waals surface area (Å²) in [6, 6.07) is 1.16. The average molecular weight is 291 g/mol. The van der Waals surface area contributed by atoms with Gasteiger partial charge in [-0.2, -0.15) is 0 Å². The minimum atomic E-state index is 0.307. The highest BCUT2D eigenvalue weighted by Gasteiger charge is 2.30. The standard InChI is InChI=1S/C16H29N5/c1-13-18-12-16(19(13)2)15(11-17)21-9-7-20(8-10-21)14-5-3-4-6-14/h12,14-15H,3-11,17H2,1-2H3. The van der Waals surface area contributed by atoms with Crippen molar-refractivity contribution in [3.8, 4) is 0 Å². The van der Waals surface area contributed by atoms with Crippen LogP contribution in [0.3, 0.4) is 0 Å². The first-order valence-corrected chi connectivity index (χ1v) is 8.37. The fraction of sp³-hybridized carbons (Fsp3) is 0.812. The number of piperazine rings is 1. The highest BCUT2D eigenvalue weighted by molar-refractivity contribution is 5.10. The Morgan fingerprint density at radius 2 is 1.90 bits per heavy atom. The van der Waals surface area contributed by atoms with Crippen LogP contribution in [0, 0.1) is 6.92 Å². The zero-order valence-electron chi connectivity index (χ0n) is 13.5. The van der Waals surface area contributed by atoms with Crippen molar-refractivity contribution in [2.45, 2.75) is 44.7 Å². The molecule has 2 N–H and O–H groups in total. The fourth-order valence-corrected chi connectivity index (χ4v) is 3.97. The van der Waals surface area contributed by atoms with Crippen LogP contribution in [0.1, 0.15) is 43.2 Å². The Morgan fingerprint density at radius 3 is 2.43 bits per heavy atom. The lowest BCUT2D eigenvalue weighted by Gasteiger charge is -2.41. The molecule has 118 valence electrons. The van der Waals surface area contributed by atoms with E-state index in [2.05, 4.69) is 33.3 Å². The molecule has 1 saturated heterocycles. The second-order valence-electron chi connectivity index (χ2n) is 6.55. The van der Waals surface area contributed by atoms with Gasteiger partial charge in [-0.25, -0.2) is 4.98 Å². The van der Waals surface area contributed by atoms with E-state index in [1.807, 2.05) is 6.20 Å². The number of nitrogens with zero attached hydrogens (tertiary/aromatic N) is 4. The SMILES string of the molecule is Cc1ncc(C(CN)N2CCN(C3CCCC3)CC2)n1C. The molecule has 0 radical (unpaired) electrons. The highest BCUT2D eigenvalue weighted by atomic mass is 15.3. The van der Waals surface area contributed by atoms with Gasteiger partial charge < -0.3 is 10.3 Å². The summed E-state index contributed by atoms with van der Waals surface area (Å²) >= 11 is 0. The van der Waals surface area contributed by atoms with Crippen LogP contribution in [0.2, 0.25) is 0 Å². The summed E-state index contributed by atoms with van der Waals surface area (Å²) in [4.78, 5) is 9.67. The Kier molecular flexibility index (Phi) is 4.62. The highest BCUT2D eigenvalue weighted by Crippen LogP contribution is 2.27. The zero-order chi connectivity index (χ0) is 14.8. The van der Waals surface area contributed by atoms with Crippen molar-refractivity contribution in [3.05, 3.63) is 17.7 Å². The molecular formula is C16H29N5. The monoisotopic (exact) mass is 291 g/mol. The molecule has 0 amide bonds. The summed E-state index contributed by atoms with van der Waals surface area (Å²) in [7, 11) is 2.09. The maximum Gasteiger partial charge on any atom is 0.105 e. The molecule has 0 spiro atoms. The van der Waals surface area contributed by atoms with Gasteiger partial charge in [-0.3, -0.25) is 9.80 Å². The fourth-order valence-electron chi connectivity index (χ4n) is 3.97. The number of hydrogen-bond acceptors (Lipinski definition) is 4. The number of hydrogen-bond donors (Lipinski definition) is 1. The second kappa shape index (κ2) is 6.46. The lowest BCUT2D eigenvalue weighted by molar-refractivity contribution is 0.0702. The predicted octanol–water partition coefficient (Wildman–Crippen LogP) is 1.29. The number of rotatable bonds is 4. The largest absolute Gasteiger partial charge is 0.334 e. The molecule has 1 aliphatic carbocycles. The van der Waals surface area contributed by atoms with Gasteiger partial charge in [0.1, 0.15) is 5.82 Å². The summed E-state index contributed by atoms with van der Waals surface area (Å²) < 4.78 is 2.18. The zero-order valence-corrected chi connectivity index (χ0v) is 13.5. The predicted molar refractivity (Wildman–Crippen MR) is 85.1 cm³/mol. The van der Waals surface area contributed by atoms with E-state index in [1.165, 1.54) is 44.5 Å². The van der Waals surface area contributed by atoms with E-state index in [0.717, 1.165) is 25.0 Å². The third-order valence-electron chi connectivity index (χ3n) is 5.45. The Labute approximate surface area is 128 Å². The first-order chi connectivity index (χ1) is 10.2. The smallest absolute Gasteiger partial charge is 0.105 e. The third-order valence-corrected chi connectivity index (χ3v) is 5.45. The van der Waals surface area contributed by atoms with Gasteiger partial charge in [0.15, 0.2) is 0 Å². The molecule has 5 nitrogen and oxygen atoms in total. The van der Waals surface area contributed by atoms with E-state index in [0.29, 0.717) is 12.6 Å². The number of nitrogens with two attached hydrogens (primary N) is 1. The molecule has 2 aliphatic rings. The van der Waals surface area contributed by atoms with Crippen molar-refractivity contribution in [1.82, 2.24) is 19.4 Å². The van der Waals surface area contributed by atoms with Crippen molar-refractivity contribution in [2.24, 2.45) is 12.8 Å². The van der Waals surface area contributed by atoms with E-state index < -0.39 is 0 Å². The van der Waals surface area contributed by atoms with Crippen LogP contribution in [0.5, 0.6) is 0 Å². The van der Waals surface area contributed by atoms with Gasteiger partial charge in [-0.1, -0.05) is 12.8 Å². The second-order valence-corrected chi connectivity index (χ2v) is 6.55. The summed E-state index contributed by atoms with van der Waals surface area (Å²) in [6.07, 6.45) is 7.65. The molecule has 1 aliphatic heterocycles. The lowest BCUT2D eigenvalue weighted by atomic mass is 10.1. The van der Waals surface area contributed by atoms with Gasteiger partial charge in [0.25, 0.3) is 0 Å².